The predicted octanol–water partition coefficient (Wildman–Crippen LogP) is 2.84. The summed E-state index contributed by atoms with van der Waals surface area (Å²) in [6, 6.07) is 8.78. The third kappa shape index (κ3) is 4.93. The third-order valence-electron chi connectivity index (χ3n) is 3.34. The van der Waals surface area contributed by atoms with Crippen molar-refractivity contribution in [3.8, 4) is 0 Å². The SMILES string of the molecule is CCCNC(N)=NCC(C)(C)c1ccc(CC)cc1. The Balaban J connectivity index is 2.68. The summed E-state index contributed by atoms with van der Waals surface area (Å²) in [7, 11) is 0. The molecule has 0 aliphatic carbocycles. The lowest BCUT2D eigenvalue weighted by atomic mass is 9.84. The molecule has 1 aromatic rings. The van der Waals surface area contributed by atoms with E-state index in [1.807, 2.05) is 0 Å². The molecule has 0 atom stereocenters. The van der Waals surface area contributed by atoms with Gasteiger partial charge in [-0.1, -0.05) is 52.0 Å². The zero-order valence-electron chi connectivity index (χ0n) is 12.7. The van der Waals surface area contributed by atoms with Gasteiger partial charge in [0.1, 0.15) is 0 Å². The van der Waals surface area contributed by atoms with Gasteiger partial charge in [-0.25, -0.2) is 0 Å². The second-order valence-corrected chi connectivity index (χ2v) is 5.56. The normalized spacial score (nSPS) is 12.5. The summed E-state index contributed by atoms with van der Waals surface area (Å²) in [4.78, 5) is 4.44. The highest BCUT2D eigenvalue weighted by Gasteiger charge is 2.20. The number of benzene rings is 1. The lowest BCUT2D eigenvalue weighted by molar-refractivity contribution is 0.538. The molecule has 0 aliphatic heterocycles. The molecule has 0 bridgehead atoms. The van der Waals surface area contributed by atoms with Crippen LogP contribution in [0.3, 0.4) is 0 Å². The van der Waals surface area contributed by atoms with Gasteiger partial charge in [0, 0.05) is 12.0 Å². The van der Waals surface area contributed by atoms with Crippen molar-refractivity contribution in [2.75, 3.05) is 13.1 Å². The number of nitrogens with one attached hydrogen (secondary N) is 1. The molecule has 0 saturated heterocycles. The maximum atomic E-state index is 5.83. The van der Waals surface area contributed by atoms with Gasteiger partial charge < -0.3 is 11.1 Å². The quantitative estimate of drug-likeness (QED) is 0.611. The Morgan fingerprint density at radius 1 is 1.21 bits per heavy atom. The van der Waals surface area contributed by atoms with Gasteiger partial charge >= 0.3 is 0 Å². The van der Waals surface area contributed by atoms with Crippen molar-refractivity contribution < 1.29 is 0 Å². The number of hydrogen-bond acceptors (Lipinski definition) is 1. The smallest absolute Gasteiger partial charge is 0.188 e. The monoisotopic (exact) mass is 261 g/mol. The summed E-state index contributed by atoms with van der Waals surface area (Å²) < 4.78 is 0. The minimum Gasteiger partial charge on any atom is -0.370 e. The van der Waals surface area contributed by atoms with Crippen LogP contribution in [0.2, 0.25) is 0 Å². The van der Waals surface area contributed by atoms with E-state index < -0.39 is 0 Å². The first kappa shape index (κ1) is 15.5. The van der Waals surface area contributed by atoms with Crippen LogP contribution >= 0.6 is 0 Å². The number of aryl methyl sites for hydroxylation is 1. The average molecular weight is 261 g/mol. The average Bonchev–Trinajstić information content (AvgIpc) is 2.43. The fraction of sp³-hybridized carbons (Fsp3) is 0.562. The van der Waals surface area contributed by atoms with Gasteiger partial charge in [0.25, 0.3) is 0 Å². The standard InChI is InChI=1S/C16H27N3/c1-5-11-18-15(17)19-12-16(3,4)14-9-7-13(6-2)8-10-14/h7-10H,5-6,11-12H2,1-4H3,(H3,17,18,19). The molecule has 0 saturated carbocycles. The molecule has 19 heavy (non-hydrogen) atoms. The van der Waals surface area contributed by atoms with E-state index in [2.05, 4.69) is 62.3 Å². The summed E-state index contributed by atoms with van der Waals surface area (Å²) in [5.41, 5.74) is 8.50. The highest BCUT2D eigenvalue weighted by Crippen LogP contribution is 2.23. The third-order valence-corrected chi connectivity index (χ3v) is 3.34. The van der Waals surface area contributed by atoms with Crippen LogP contribution in [0.1, 0.15) is 45.2 Å². The van der Waals surface area contributed by atoms with Crippen molar-refractivity contribution in [3.05, 3.63) is 35.4 Å². The molecule has 1 aromatic carbocycles. The molecule has 106 valence electrons. The number of rotatable bonds is 6. The molecular formula is C16H27N3. The van der Waals surface area contributed by atoms with Crippen LogP contribution in [0.5, 0.6) is 0 Å². The maximum absolute atomic E-state index is 5.83. The highest BCUT2D eigenvalue weighted by atomic mass is 15.1. The van der Waals surface area contributed by atoms with E-state index in [1.165, 1.54) is 11.1 Å². The van der Waals surface area contributed by atoms with Gasteiger partial charge in [-0.05, 0) is 24.0 Å². The minimum atomic E-state index is 0.00475. The molecule has 0 spiro atoms. The Hall–Kier alpha value is -1.51. The van der Waals surface area contributed by atoms with E-state index in [9.17, 15) is 0 Å². The van der Waals surface area contributed by atoms with Crippen molar-refractivity contribution in [1.29, 1.82) is 0 Å². The Kier molecular flexibility index (Phi) is 5.87. The largest absolute Gasteiger partial charge is 0.370 e. The van der Waals surface area contributed by atoms with Crippen LogP contribution in [-0.4, -0.2) is 19.0 Å². The lowest BCUT2D eigenvalue weighted by Crippen LogP contribution is -2.34. The van der Waals surface area contributed by atoms with Gasteiger partial charge in [0.2, 0.25) is 0 Å². The maximum Gasteiger partial charge on any atom is 0.188 e. The molecule has 1 rings (SSSR count). The van der Waals surface area contributed by atoms with E-state index in [-0.39, 0.29) is 5.41 Å². The van der Waals surface area contributed by atoms with Gasteiger partial charge in [0.15, 0.2) is 5.96 Å². The summed E-state index contributed by atoms with van der Waals surface area (Å²) >= 11 is 0. The molecule has 0 fully saturated rings. The molecule has 0 amide bonds. The van der Waals surface area contributed by atoms with Gasteiger partial charge in [-0.2, -0.15) is 0 Å². The van der Waals surface area contributed by atoms with E-state index in [0.29, 0.717) is 12.5 Å². The van der Waals surface area contributed by atoms with Gasteiger partial charge in [-0.15, -0.1) is 0 Å². The second-order valence-electron chi connectivity index (χ2n) is 5.56. The molecule has 0 aliphatic rings. The van der Waals surface area contributed by atoms with Crippen LogP contribution in [0, 0.1) is 0 Å². The van der Waals surface area contributed by atoms with Crippen LogP contribution in [0.25, 0.3) is 0 Å². The fourth-order valence-electron chi connectivity index (χ4n) is 1.87. The van der Waals surface area contributed by atoms with E-state index in [1.54, 1.807) is 0 Å². The molecular weight excluding hydrogens is 234 g/mol. The Morgan fingerprint density at radius 3 is 2.37 bits per heavy atom. The summed E-state index contributed by atoms with van der Waals surface area (Å²) in [6.07, 6.45) is 2.13. The zero-order chi connectivity index (χ0) is 14.3. The first-order chi connectivity index (χ1) is 8.99. The Labute approximate surface area is 117 Å². The zero-order valence-corrected chi connectivity index (χ0v) is 12.7. The van der Waals surface area contributed by atoms with E-state index in [0.717, 1.165) is 19.4 Å². The molecule has 0 aromatic heterocycles. The molecule has 3 nitrogen and oxygen atoms in total. The topological polar surface area (TPSA) is 50.4 Å². The lowest BCUT2D eigenvalue weighted by Gasteiger charge is -2.23. The molecule has 3 heteroatoms. The number of guanidine groups is 1. The Morgan fingerprint density at radius 2 is 1.84 bits per heavy atom. The van der Waals surface area contributed by atoms with Crippen LogP contribution in [-0.2, 0) is 11.8 Å². The summed E-state index contributed by atoms with van der Waals surface area (Å²) in [5.74, 6) is 0.542. The minimum absolute atomic E-state index is 0.00475. The number of aliphatic imine (C=N–C) groups is 1. The van der Waals surface area contributed by atoms with Gasteiger partial charge in [-0.3, -0.25) is 4.99 Å². The number of hydrogen-bond donors (Lipinski definition) is 2. The summed E-state index contributed by atoms with van der Waals surface area (Å²) in [6.45, 7) is 10.3. The first-order valence-corrected chi connectivity index (χ1v) is 7.12. The van der Waals surface area contributed by atoms with E-state index >= 15 is 0 Å². The first-order valence-electron chi connectivity index (χ1n) is 7.12. The van der Waals surface area contributed by atoms with Gasteiger partial charge in [0.05, 0.1) is 6.54 Å². The van der Waals surface area contributed by atoms with Crippen molar-refractivity contribution in [3.63, 3.8) is 0 Å². The number of nitrogens with two attached hydrogens (primary N) is 1. The van der Waals surface area contributed by atoms with E-state index in [4.69, 9.17) is 5.73 Å². The Bertz CT molecular complexity index is 405. The second kappa shape index (κ2) is 7.17. The van der Waals surface area contributed by atoms with Crippen LogP contribution < -0.4 is 11.1 Å². The highest BCUT2D eigenvalue weighted by molar-refractivity contribution is 5.77. The predicted molar refractivity (Wildman–Crippen MR) is 83.6 cm³/mol. The molecule has 0 unspecified atom stereocenters. The molecule has 3 N–H and O–H groups in total. The summed E-state index contributed by atoms with van der Waals surface area (Å²) in [5, 5.41) is 3.10. The fourth-order valence-corrected chi connectivity index (χ4v) is 1.87. The van der Waals surface area contributed by atoms with Crippen molar-refractivity contribution in [2.45, 2.75) is 46.0 Å². The number of nitrogens with zero attached hydrogens (tertiary/aromatic N) is 1. The molecule has 0 heterocycles. The van der Waals surface area contributed by atoms with Crippen molar-refractivity contribution >= 4 is 5.96 Å². The molecule has 0 radical (unpaired) electrons. The van der Waals surface area contributed by atoms with Crippen LogP contribution in [0.4, 0.5) is 0 Å². The van der Waals surface area contributed by atoms with Crippen molar-refractivity contribution in [2.24, 2.45) is 10.7 Å². The van der Waals surface area contributed by atoms with Crippen molar-refractivity contribution in [1.82, 2.24) is 5.32 Å². The van der Waals surface area contributed by atoms with Crippen LogP contribution in [0.15, 0.2) is 29.3 Å².